The van der Waals surface area contributed by atoms with Crippen LogP contribution in [0.2, 0.25) is 5.15 Å². The molecule has 0 saturated heterocycles. The van der Waals surface area contributed by atoms with E-state index in [1.807, 2.05) is 10.6 Å². The van der Waals surface area contributed by atoms with Crippen molar-refractivity contribution in [2.24, 2.45) is 0 Å². The highest BCUT2D eigenvalue weighted by Gasteiger charge is 2.15. The number of aromatic nitrogens is 1. The minimum absolute atomic E-state index is 0.557. The molecule has 17 heavy (non-hydrogen) atoms. The number of benzene rings is 1. The Balaban J connectivity index is 2.85. The smallest absolute Gasteiger partial charge is 0.153 e. The Morgan fingerprint density at radius 2 is 1.94 bits per heavy atom. The van der Waals surface area contributed by atoms with Gasteiger partial charge in [0.25, 0.3) is 0 Å². The molecule has 0 saturated carbocycles. The van der Waals surface area contributed by atoms with Crippen molar-refractivity contribution in [1.82, 2.24) is 4.57 Å². The summed E-state index contributed by atoms with van der Waals surface area (Å²) in [7, 11) is 0. The van der Waals surface area contributed by atoms with E-state index in [0.29, 0.717) is 10.7 Å². The number of rotatable bonds is 3. The van der Waals surface area contributed by atoms with Crippen LogP contribution in [0.1, 0.15) is 34.8 Å². The zero-order valence-electron chi connectivity index (χ0n) is 10.4. The summed E-state index contributed by atoms with van der Waals surface area (Å²) in [5, 5.41) is 1.52. The largest absolute Gasteiger partial charge is 0.331 e. The molecule has 2 aromatic rings. The van der Waals surface area contributed by atoms with Crippen LogP contribution in [-0.2, 0) is 6.54 Å². The van der Waals surface area contributed by atoms with E-state index in [2.05, 4.69) is 26.8 Å². The van der Waals surface area contributed by atoms with Crippen LogP contribution in [0, 0.1) is 13.8 Å². The van der Waals surface area contributed by atoms with Crippen LogP contribution in [0.3, 0.4) is 0 Å². The molecule has 2 rings (SSSR count). The number of nitrogens with zero attached hydrogens (tertiary/aromatic N) is 1. The molecule has 0 bridgehead atoms. The van der Waals surface area contributed by atoms with Gasteiger partial charge in [-0.3, -0.25) is 4.79 Å². The lowest BCUT2D eigenvalue weighted by Crippen LogP contribution is -1.96. The van der Waals surface area contributed by atoms with Gasteiger partial charge in [-0.05, 0) is 43.5 Å². The Kier molecular flexibility index (Phi) is 3.25. The maximum atomic E-state index is 11.2. The molecule has 0 aliphatic heterocycles. The molecular weight excluding hydrogens is 234 g/mol. The lowest BCUT2D eigenvalue weighted by atomic mass is 10.1. The summed E-state index contributed by atoms with van der Waals surface area (Å²) in [6, 6.07) is 4.16. The quantitative estimate of drug-likeness (QED) is 0.750. The maximum Gasteiger partial charge on any atom is 0.153 e. The fourth-order valence-corrected chi connectivity index (χ4v) is 2.48. The van der Waals surface area contributed by atoms with Crippen LogP contribution in [0.4, 0.5) is 0 Å². The standard InChI is InChI=1S/C14H16ClNO/c1-4-5-16-13-7-10(3)9(2)6-11(13)12(8-17)14(16)15/h6-8H,4-5H2,1-3H3. The second kappa shape index (κ2) is 4.53. The first-order valence-electron chi connectivity index (χ1n) is 5.84. The minimum Gasteiger partial charge on any atom is -0.331 e. The highest BCUT2D eigenvalue weighted by atomic mass is 35.5. The minimum atomic E-state index is 0.557. The number of carbonyl (C=O) groups excluding carboxylic acids is 1. The highest BCUT2D eigenvalue weighted by molar-refractivity contribution is 6.34. The Hall–Kier alpha value is -1.28. The topological polar surface area (TPSA) is 22.0 Å². The van der Waals surface area contributed by atoms with Crippen LogP contribution < -0.4 is 0 Å². The number of hydrogen-bond acceptors (Lipinski definition) is 1. The fourth-order valence-electron chi connectivity index (χ4n) is 2.16. The van der Waals surface area contributed by atoms with Crippen molar-refractivity contribution in [3.63, 3.8) is 0 Å². The maximum absolute atomic E-state index is 11.2. The fraction of sp³-hybridized carbons (Fsp3) is 0.357. The molecule has 3 heteroatoms. The zero-order valence-corrected chi connectivity index (χ0v) is 11.1. The normalized spacial score (nSPS) is 11.1. The van der Waals surface area contributed by atoms with E-state index in [4.69, 9.17) is 11.6 Å². The third-order valence-electron chi connectivity index (χ3n) is 3.22. The molecule has 0 unspecified atom stereocenters. The van der Waals surface area contributed by atoms with Crippen molar-refractivity contribution in [2.45, 2.75) is 33.7 Å². The van der Waals surface area contributed by atoms with Crippen LogP contribution in [0.25, 0.3) is 10.9 Å². The summed E-state index contributed by atoms with van der Waals surface area (Å²) >= 11 is 6.27. The molecule has 0 fully saturated rings. The van der Waals surface area contributed by atoms with Gasteiger partial charge in [0, 0.05) is 11.9 Å². The van der Waals surface area contributed by atoms with Crippen molar-refractivity contribution in [2.75, 3.05) is 0 Å². The molecule has 1 aromatic carbocycles. The van der Waals surface area contributed by atoms with Crippen molar-refractivity contribution >= 4 is 28.8 Å². The molecule has 1 aromatic heterocycles. The second-order valence-corrected chi connectivity index (χ2v) is 4.79. The molecule has 0 spiro atoms. The lowest BCUT2D eigenvalue weighted by molar-refractivity contribution is 0.112. The van der Waals surface area contributed by atoms with E-state index in [1.54, 1.807) is 0 Å². The van der Waals surface area contributed by atoms with E-state index in [9.17, 15) is 4.79 Å². The first-order valence-corrected chi connectivity index (χ1v) is 6.22. The van der Waals surface area contributed by atoms with Gasteiger partial charge in [0.15, 0.2) is 6.29 Å². The van der Waals surface area contributed by atoms with Gasteiger partial charge in [0.2, 0.25) is 0 Å². The van der Waals surface area contributed by atoms with E-state index in [1.165, 1.54) is 11.1 Å². The molecule has 90 valence electrons. The van der Waals surface area contributed by atoms with Crippen molar-refractivity contribution in [1.29, 1.82) is 0 Å². The van der Waals surface area contributed by atoms with Crippen LogP contribution in [0.15, 0.2) is 12.1 Å². The Bertz CT molecular complexity index is 584. The van der Waals surface area contributed by atoms with Gasteiger partial charge in [-0.25, -0.2) is 0 Å². The summed E-state index contributed by atoms with van der Waals surface area (Å²) < 4.78 is 2.02. The van der Waals surface area contributed by atoms with Gasteiger partial charge in [-0.15, -0.1) is 0 Å². The third-order valence-corrected chi connectivity index (χ3v) is 3.62. The molecular formula is C14H16ClNO. The van der Waals surface area contributed by atoms with Gasteiger partial charge in [0.1, 0.15) is 5.15 Å². The predicted octanol–water partition coefficient (Wildman–Crippen LogP) is 4.13. The second-order valence-electron chi connectivity index (χ2n) is 4.43. The lowest BCUT2D eigenvalue weighted by Gasteiger charge is -2.06. The van der Waals surface area contributed by atoms with Gasteiger partial charge in [0.05, 0.1) is 11.1 Å². The third kappa shape index (κ3) is 1.87. The van der Waals surface area contributed by atoms with Crippen LogP contribution in [-0.4, -0.2) is 10.9 Å². The molecule has 1 heterocycles. The number of fused-ring (bicyclic) bond motifs is 1. The average molecular weight is 250 g/mol. The molecule has 0 radical (unpaired) electrons. The number of aryl methyl sites for hydroxylation is 3. The van der Waals surface area contributed by atoms with Crippen LogP contribution >= 0.6 is 11.6 Å². The molecule has 2 nitrogen and oxygen atoms in total. The Morgan fingerprint density at radius 1 is 1.29 bits per heavy atom. The summed E-state index contributed by atoms with van der Waals surface area (Å²) in [4.78, 5) is 11.2. The Morgan fingerprint density at radius 3 is 2.53 bits per heavy atom. The van der Waals surface area contributed by atoms with E-state index < -0.39 is 0 Å². The van der Waals surface area contributed by atoms with Crippen molar-refractivity contribution in [3.05, 3.63) is 34.0 Å². The van der Waals surface area contributed by atoms with Gasteiger partial charge in [-0.2, -0.15) is 0 Å². The van der Waals surface area contributed by atoms with Crippen LogP contribution in [0.5, 0.6) is 0 Å². The zero-order chi connectivity index (χ0) is 12.6. The highest BCUT2D eigenvalue weighted by Crippen LogP contribution is 2.31. The average Bonchev–Trinajstić information content (AvgIpc) is 2.54. The molecule has 0 aliphatic rings. The van der Waals surface area contributed by atoms with E-state index in [-0.39, 0.29) is 0 Å². The van der Waals surface area contributed by atoms with E-state index in [0.717, 1.165) is 30.2 Å². The first-order chi connectivity index (χ1) is 8.10. The first kappa shape index (κ1) is 12.2. The Labute approximate surface area is 106 Å². The monoisotopic (exact) mass is 249 g/mol. The molecule has 0 N–H and O–H groups in total. The molecule has 0 aliphatic carbocycles. The van der Waals surface area contributed by atoms with Crippen molar-refractivity contribution in [3.8, 4) is 0 Å². The summed E-state index contributed by atoms with van der Waals surface area (Å²) in [5.41, 5.74) is 4.08. The van der Waals surface area contributed by atoms with E-state index >= 15 is 0 Å². The van der Waals surface area contributed by atoms with Gasteiger partial charge in [-0.1, -0.05) is 18.5 Å². The SMILES string of the molecule is CCCn1c(Cl)c(C=O)c2cc(C)c(C)cc21. The van der Waals surface area contributed by atoms with Crippen molar-refractivity contribution < 1.29 is 4.79 Å². The summed E-state index contributed by atoms with van der Waals surface area (Å²) in [5.74, 6) is 0. The summed E-state index contributed by atoms with van der Waals surface area (Å²) in [6.45, 7) is 7.07. The number of carbonyl (C=O) groups is 1. The van der Waals surface area contributed by atoms with Gasteiger partial charge < -0.3 is 4.57 Å². The molecule has 0 amide bonds. The molecule has 0 atom stereocenters. The van der Waals surface area contributed by atoms with Gasteiger partial charge >= 0.3 is 0 Å². The predicted molar refractivity (Wildman–Crippen MR) is 72.1 cm³/mol. The number of aldehydes is 1. The number of hydrogen-bond donors (Lipinski definition) is 0. The number of halogens is 1. The summed E-state index contributed by atoms with van der Waals surface area (Å²) in [6.07, 6.45) is 1.85.